The number of nitrogens with zero attached hydrogens (tertiary/aromatic N) is 2. The number of thiophene rings is 1. The van der Waals surface area contributed by atoms with Crippen LogP contribution in [0.15, 0.2) is 82.6 Å². The van der Waals surface area contributed by atoms with Gasteiger partial charge in [-0.15, -0.1) is 11.3 Å². The van der Waals surface area contributed by atoms with E-state index < -0.39 is 0 Å². The van der Waals surface area contributed by atoms with Gasteiger partial charge in [0.15, 0.2) is 0 Å². The maximum absolute atomic E-state index is 13.2. The number of hydrogen-bond acceptors (Lipinski definition) is 4. The second kappa shape index (κ2) is 9.55. The molecule has 152 valence electrons. The minimum Gasteiger partial charge on any atom is -0.440 e. The van der Waals surface area contributed by atoms with E-state index >= 15 is 0 Å². The van der Waals surface area contributed by atoms with Gasteiger partial charge in [-0.3, -0.25) is 4.79 Å². The summed E-state index contributed by atoms with van der Waals surface area (Å²) in [5, 5.41) is 1.99. The molecule has 5 heteroatoms. The summed E-state index contributed by atoms with van der Waals surface area (Å²) < 4.78 is 5.82. The van der Waals surface area contributed by atoms with Crippen LogP contribution in [0.1, 0.15) is 22.6 Å². The maximum Gasteiger partial charge on any atom is 0.236 e. The molecule has 0 atom stereocenters. The second-order valence-corrected chi connectivity index (χ2v) is 8.16. The number of carbonyl (C=O) groups excluding carboxylic acids is 1. The largest absolute Gasteiger partial charge is 0.440 e. The molecular weight excluding hydrogens is 392 g/mol. The number of aryl methyl sites for hydroxylation is 1. The van der Waals surface area contributed by atoms with Crippen molar-refractivity contribution < 1.29 is 9.21 Å². The minimum absolute atomic E-state index is 0.0592. The number of aromatic nitrogens is 1. The third-order valence-corrected chi connectivity index (χ3v) is 5.88. The Hall–Kier alpha value is -3.18. The van der Waals surface area contributed by atoms with Crippen molar-refractivity contribution in [1.82, 2.24) is 9.88 Å². The molecule has 0 aliphatic carbocycles. The number of oxazole rings is 1. The number of hydrogen-bond donors (Lipinski definition) is 0. The van der Waals surface area contributed by atoms with E-state index in [1.54, 1.807) is 11.3 Å². The third-order valence-electron chi connectivity index (χ3n) is 5.03. The van der Waals surface area contributed by atoms with Crippen molar-refractivity contribution in [1.29, 1.82) is 0 Å². The van der Waals surface area contributed by atoms with Gasteiger partial charge < -0.3 is 9.32 Å². The first kappa shape index (κ1) is 20.1. The predicted octanol–water partition coefficient (Wildman–Crippen LogP) is 5.53. The molecule has 0 spiro atoms. The fourth-order valence-corrected chi connectivity index (χ4v) is 4.01. The van der Waals surface area contributed by atoms with Gasteiger partial charge in [-0.25, -0.2) is 4.98 Å². The lowest BCUT2D eigenvalue weighted by atomic mass is 10.1. The summed E-state index contributed by atoms with van der Waals surface area (Å²) in [4.78, 5) is 20.7. The maximum atomic E-state index is 13.2. The molecule has 0 saturated heterocycles. The molecule has 0 fully saturated rings. The lowest BCUT2D eigenvalue weighted by Crippen LogP contribution is -2.34. The highest BCUT2D eigenvalue weighted by Gasteiger charge is 2.20. The molecule has 4 aromatic rings. The zero-order chi connectivity index (χ0) is 20.8. The SMILES string of the molecule is Cc1oc(-c2cccs2)nc1CC(=O)N(CCc1ccccc1)Cc1ccccc1. The summed E-state index contributed by atoms with van der Waals surface area (Å²) in [6.07, 6.45) is 1.06. The van der Waals surface area contributed by atoms with E-state index in [4.69, 9.17) is 4.42 Å². The van der Waals surface area contributed by atoms with E-state index in [2.05, 4.69) is 29.2 Å². The normalized spacial score (nSPS) is 10.8. The number of rotatable bonds is 8. The van der Waals surface area contributed by atoms with Gasteiger partial charge in [-0.05, 0) is 35.9 Å². The third kappa shape index (κ3) is 5.05. The van der Waals surface area contributed by atoms with Crippen molar-refractivity contribution in [2.45, 2.75) is 26.3 Å². The summed E-state index contributed by atoms with van der Waals surface area (Å²) in [6, 6.07) is 24.3. The molecule has 0 aliphatic heterocycles. The highest BCUT2D eigenvalue weighted by Crippen LogP contribution is 2.26. The van der Waals surface area contributed by atoms with E-state index in [0.29, 0.717) is 30.4 Å². The zero-order valence-electron chi connectivity index (χ0n) is 17.0. The van der Waals surface area contributed by atoms with Crippen molar-refractivity contribution in [2.75, 3.05) is 6.54 Å². The topological polar surface area (TPSA) is 46.3 Å². The standard InChI is InChI=1S/C25H24N2O2S/c1-19-22(26-25(29-19)23-13-8-16-30-23)17-24(28)27(18-21-11-6-3-7-12-21)15-14-20-9-4-2-5-10-20/h2-13,16H,14-15,17-18H2,1H3. The molecule has 2 aromatic heterocycles. The molecule has 4 rings (SSSR count). The second-order valence-electron chi connectivity index (χ2n) is 7.21. The van der Waals surface area contributed by atoms with Crippen LogP contribution in [-0.4, -0.2) is 22.3 Å². The lowest BCUT2D eigenvalue weighted by molar-refractivity contribution is -0.131. The van der Waals surface area contributed by atoms with Gasteiger partial charge in [-0.1, -0.05) is 66.7 Å². The van der Waals surface area contributed by atoms with Crippen LogP contribution in [0.4, 0.5) is 0 Å². The van der Waals surface area contributed by atoms with Crippen LogP contribution in [-0.2, 0) is 24.2 Å². The van der Waals surface area contributed by atoms with Gasteiger partial charge in [0.05, 0.1) is 17.0 Å². The number of benzene rings is 2. The number of carbonyl (C=O) groups is 1. The molecular formula is C25H24N2O2S. The Morgan fingerprint density at radius 3 is 2.33 bits per heavy atom. The summed E-state index contributed by atoms with van der Waals surface area (Å²) in [6.45, 7) is 3.12. The Bertz CT molecular complexity index is 1070. The first-order valence-corrected chi connectivity index (χ1v) is 10.9. The van der Waals surface area contributed by atoms with E-state index in [0.717, 1.165) is 16.9 Å². The van der Waals surface area contributed by atoms with Gasteiger partial charge >= 0.3 is 0 Å². The Balaban J connectivity index is 1.50. The summed E-state index contributed by atoms with van der Waals surface area (Å²) in [7, 11) is 0. The Morgan fingerprint density at radius 2 is 1.67 bits per heavy atom. The Morgan fingerprint density at radius 1 is 0.967 bits per heavy atom. The molecule has 0 saturated carbocycles. The van der Waals surface area contributed by atoms with Gasteiger partial charge in [0.2, 0.25) is 11.8 Å². The van der Waals surface area contributed by atoms with Crippen LogP contribution >= 0.6 is 11.3 Å². The molecule has 2 heterocycles. The molecule has 0 N–H and O–H groups in total. The van der Waals surface area contributed by atoms with Crippen molar-refractivity contribution >= 4 is 17.2 Å². The molecule has 0 bridgehead atoms. The van der Waals surface area contributed by atoms with Crippen LogP contribution in [0.2, 0.25) is 0 Å². The summed E-state index contributed by atoms with van der Waals surface area (Å²) in [5.74, 6) is 1.35. The van der Waals surface area contributed by atoms with Crippen molar-refractivity contribution in [3.8, 4) is 10.8 Å². The summed E-state index contributed by atoms with van der Waals surface area (Å²) in [5.41, 5.74) is 3.05. The first-order chi connectivity index (χ1) is 14.7. The molecule has 1 amide bonds. The predicted molar refractivity (Wildman–Crippen MR) is 120 cm³/mol. The monoisotopic (exact) mass is 416 g/mol. The molecule has 4 nitrogen and oxygen atoms in total. The van der Waals surface area contributed by atoms with Gasteiger partial charge in [0.25, 0.3) is 0 Å². The highest BCUT2D eigenvalue weighted by molar-refractivity contribution is 7.13. The first-order valence-electron chi connectivity index (χ1n) is 10.0. The fraction of sp³-hybridized carbons (Fsp3) is 0.200. The smallest absolute Gasteiger partial charge is 0.236 e. The average molecular weight is 417 g/mol. The van der Waals surface area contributed by atoms with Crippen molar-refractivity contribution in [3.05, 3.63) is 101 Å². The zero-order valence-corrected chi connectivity index (χ0v) is 17.8. The Kier molecular flexibility index (Phi) is 6.40. The summed E-state index contributed by atoms with van der Waals surface area (Å²) >= 11 is 1.58. The Labute approximate surface area is 180 Å². The highest BCUT2D eigenvalue weighted by atomic mass is 32.1. The van der Waals surface area contributed by atoms with E-state index in [9.17, 15) is 4.79 Å². The lowest BCUT2D eigenvalue weighted by Gasteiger charge is -2.23. The van der Waals surface area contributed by atoms with E-state index in [-0.39, 0.29) is 12.3 Å². The van der Waals surface area contributed by atoms with Crippen LogP contribution in [0, 0.1) is 6.92 Å². The van der Waals surface area contributed by atoms with Gasteiger partial charge in [0.1, 0.15) is 5.76 Å². The fourth-order valence-electron chi connectivity index (χ4n) is 3.36. The molecule has 0 radical (unpaired) electrons. The van der Waals surface area contributed by atoms with Crippen molar-refractivity contribution in [2.24, 2.45) is 0 Å². The van der Waals surface area contributed by atoms with Gasteiger partial charge in [-0.2, -0.15) is 0 Å². The minimum atomic E-state index is 0.0592. The van der Waals surface area contributed by atoms with Crippen molar-refractivity contribution in [3.63, 3.8) is 0 Å². The quantitative estimate of drug-likeness (QED) is 0.380. The average Bonchev–Trinajstić information content (AvgIpc) is 3.43. The van der Waals surface area contributed by atoms with E-state index in [1.807, 2.05) is 65.7 Å². The molecule has 0 unspecified atom stereocenters. The van der Waals surface area contributed by atoms with Crippen LogP contribution in [0.25, 0.3) is 10.8 Å². The molecule has 30 heavy (non-hydrogen) atoms. The van der Waals surface area contributed by atoms with E-state index in [1.165, 1.54) is 5.56 Å². The van der Waals surface area contributed by atoms with Gasteiger partial charge in [0, 0.05) is 13.1 Å². The number of amides is 1. The molecule has 2 aromatic carbocycles. The van der Waals surface area contributed by atoms with Crippen LogP contribution < -0.4 is 0 Å². The molecule has 0 aliphatic rings. The van der Waals surface area contributed by atoms with Crippen LogP contribution in [0.3, 0.4) is 0 Å². The van der Waals surface area contributed by atoms with Crippen LogP contribution in [0.5, 0.6) is 0 Å².